The summed E-state index contributed by atoms with van der Waals surface area (Å²) in [6.07, 6.45) is 6.33. The van der Waals surface area contributed by atoms with Gasteiger partial charge in [0.2, 0.25) is 0 Å². The monoisotopic (exact) mass is 563 g/mol. The molecule has 0 N–H and O–H groups in total. The number of benzene rings is 5. The minimum atomic E-state index is -0.219. The fraction of sp³-hybridized carbons (Fsp3) is 0.211. The molecule has 5 aromatic rings. The Balaban J connectivity index is 1.47. The smallest absolute Gasteiger partial charge is 0.252 e. The van der Waals surface area contributed by atoms with E-state index in [4.69, 9.17) is 0 Å². The van der Waals surface area contributed by atoms with Gasteiger partial charge in [-0.3, -0.25) is 0 Å². The molecule has 1 aliphatic carbocycles. The van der Waals surface area contributed by atoms with Crippen molar-refractivity contribution < 1.29 is 4.39 Å². The summed E-state index contributed by atoms with van der Waals surface area (Å²) >= 11 is 0. The Morgan fingerprint density at radius 2 is 1.26 bits per heavy atom. The first-order chi connectivity index (χ1) is 21.1. The summed E-state index contributed by atoms with van der Waals surface area (Å²) in [7, 11) is 4.20. The molecule has 2 heterocycles. The van der Waals surface area contributed by atoms with E-state index >= 15 is 0 Å². The lowest BCUT2D eigenvalue weighted by Gasteiger charge is -2.45. The quantitative estimate of drug-likeness (QED) is 0.201. The molecule has 1 saturated carbocycles. The van der Waals surface area contributed by atoms with Gasteiger partial charge in [0, 0.05) is 53.9 Å². The van der Waals surface area contributed by atoms with Gasteiger partial charge in [0.15, 0.2) is 0 Å². The van der Waals surface area contributed by atoms with Crippen LogP contribution in [0.2, 0.25) is 0 Å². The van der Waals surface area contributed by atoms with Crippen molar-refractivity contribution in [2.45, 2.75) is 38.0 Å². The largest absolute Gasteiger partial charge is 0.378 e. The van der Waals surface area contributed by atoms with E-state index in [2.05, 4.69) is 114 Å². The fourth-order valence-electron chi connectivity index (χ4n) is 7.63. The average molecular weight is 564 g/mol. The lowest BCUT2D eigenvalue weighted by molar-refractivity contribution is 0.444. The van der Waals surface area contributed by atoms with Crippen molar-refractivity contribution in [1.29, 1.82) is 0 Å². The molecule has 0 bridgehead atoms. The summed E-state index contributed by atoms with van der Waals surface area (Å²) < 4.78 is 14.3. The molecule has 0 radical (unpaired) electrons. The second-order valence-corrected chi connectivity index (χ2v) is 12.4. The van der Waals surface area contributed by atoms with E-state index < -0.39 is 0 Å². The van der Waals surface area contributed by atoms with E-state index in [9.17, 15) is 4.39 Å². The van der Waals surface area contributed by atoms with Crippen molar-refractivity contribution in [3.05, 3.63) is 121 Å². The molecule has 5 aromatic carbocycles. The molecule has 3 nitrogen and oxygen atoms in total. The third-order valence-corrected chi connectivity index (χ3v) is 9.67. The van der Waals surface area contributed by atoms with Crippen molar-refractivity contribution in [2.75, 3.05) is 28.8 Å². The maximum atomic E-state index is 14.3. The molecule has 0 atom stereocenters. The van der Waals surface area contributed by atoms with E-state index in [1.165, 1.54) is 76.8 Å². The normalized spacial score (nSPS) is 15.6. The SMILES string of the molecule is CN(C)c1ccc2c(c1)B1c3ccccc3N(c3ccccc3)c3cc(C4CCCCC4)cc(c31)N2c1ccc(F)cc1. The fourth-order valence-corrected chi connectivity index (χ4v) is 7.63. The van der Waals surface area contributed by atoms with Gasteiger partial charge < -0.3 is 14.7 Å². The molecular formula is C38H35BFN3. The third-order valence-electron chi connectivity index (χ3n) is 9.67. The van der Waals surface area contributed by atoms with Gasteiger partial charge in [0.25, 0.3) is 6.71 Å². The third kappa shape index (κ3) is 4.24. The molecule has 0 amide bonds. The zero-order valence-electron chi connectivity index (χ0n) is 24.8. The molecule has 5 heteroatoms. The van der Waals surface area contributed by atoms with E-state index in [0.717, 1.165) is 17.1 Å². The van der Waals surface area contributed by atoms with Gasteiger partial charge >= 0.3 is 0 Å². The van der Waals surface area contributed by atoms with E-state index in [1.807, 2.05) is 12.1 Å². The molecular weight excluding hydrogens is 528 g/mol. The number of halogens is 1. The number of rotatable bonds is 4. The molecule has 1 fully saturated rings. The van der Waals surface area contributed by atoms with Crippen LogP contribution < -0.4 is 31.1 Å². The highest BCUT2D eigenvalue weighted by atomic mass is 19.1. The standard InChI is InChI=1S/C38H35BFN3/c1-41(2)31-21-22-35-33(25-31)39-32-15-9-10-16-34(32)42(29-13-7-4-8-14-29)36-23-27(26-11-5-3-6-12-26)24-37(38(36)39)43(35)30-19-17-28(40)18-20-30/h4,7-10,13-26H,3,5-6,11-12H2,1-2H3. The van der Waals surface area contributed by atoms with Crippen LogP contribution in [0.4, 0.5) is 44.2 Å². The highest BCUT2D eigenvalue weighted by Crippen LogP contribution is 2.46. The van der Waals surface area contributed by atoms with Crippen LogP contribution in [-0.2, 0) is 0 Å². The number of hydrogen-bond acceptors (Lipinski definition) is 3. The maximum Gasteiger partial charge on any atom is 0.252 e. The van der Waals surface area contributed by atoms with Gasteiger partial charge in [-0.05, 0) is 114 Å². The highest BCUT2D eigenvalue weighted by molar-refractivity contribution is 7.00. The zero-order chi connectivity index (χ0) is 29.1. The number of hydrogen-bond donors (Lipinski definition) is 0. The van der Waals surface area contributed by atoms with Crippen LogP contribution in [0.15, 0.2) is 109 Å². The van der Waals surface area contributed by atoms with Crippen LogP contribution in [-0.4, -0.2) is 20.8 Å². The first-order valence-corrected chi connectivity index (χ1v) is 15.6. The van der Waals surface area contributed by atoms with Crippen LogP contribution >= 0.6 is 0 Å². The highest BCUT2D eigenvalue weighted by Gasteiger charge is 2.43. The summed E-state index contributed by atoms with van der Waals surface area (Å²) in [6.45, 7) is 0.0770. The van der Waals surface area contributed by atoms with Crippen molar-refractivity contribution in [2.24, 2.45) is 0 Å². The summed E-state index contributed by atoms with van der Waals surface area (Å²) in [4.78, 5) is 7.03. The summed E-state index contributed by atoms with van der Waals surface area (Å²) in [5.41, 5.74) is 13.5. The van der Waals surface area contributed by atoms with Crippen molar-refractivity contribution in [3.63, 3.8) is 0 Å². The molecule has 0 aromatic heterocycles. The van der Waals surface area contributed by atoms with Gasteiger partial charge in [-0.2, -0.15) is 0 Å². The van der Waals surface area contributed by atoms with Gasteiger partial charge in [-0.25, -0.2) is 4.39 Å². The molecule has 43 heavy (non-hydrogen) atoms. The summed E-state index contributed by atoms with van der Waals surface area (Å²) in [5, 5.41) is 0. The van der Waals surface area contributed by atoms with Gasteiger partial charge in [-0.1, -0.05) is 55.7 Å². The Labute approximate surface area is 254 Å². The van der Waals surface area contributed by atoms with Gasteiger partial charge in [0.1, 0.15) is 5.82 Å². The van der Waals surface area contributed by atoms with E-state index in [1.54, 1.807) is 12.1 Å². The average Bonchev–Trinajstić information content (AvgIpc) is 3.05. The molecule has 212 valence electrons. The van der Waals surface area contributed by atoms with E-state index in [0.29, 0.717) is 5.92 Å². The van der Waals surface area contributed by atoms with Gasteiger partial charge in [0.05, 0.1) is 0 Å². The predicted octanol–water partition coefficient (Wildman–Crippen LogP) is 8.02. The zero-order valence-corrected chi connectivity index (χ0v) is 24.8. The Morgan fingerprint density at radius 1 is 0.628 bits per heavy atom. The molecule has 2 aliphatic heterocycles. The Hall–Kier alpha value is -4.51. The molecule has 0 unspecified atom stereocenters. The molecule has 8 rings (SSSR count). The van der Waals surface area contributed by atoms with Crippen LogP contribution in [0.5, 0.6) is 0 Å². The second-order valence-electron chi connectivity index (χ2n) is 12.4. The van der Waals surface area contributed by atoms with Crippen molar-refractivity contribution in [3.8, 4) is 0 Å². The second kappa shape index (κ2) is 10.3. The minimum absolute atomic E-state index is 0.0770. The lowest BCUT2D eigenvalue weighted by atomic mass is 9.33. The maximum absolute atomic E-state index is 14.3. The van der Waals surface area contributed by atoms with Crippen LogP contribution in [0.25, 0.3) is 0 Å². The van der Waals surface area contributed by atoms with Gasteiger partial charge in [-0.15, -0.1) is 0 Å². The number of fused-ring (bicyclic) bond motifs is 4. The molecule has 0 spiro atoms. The van der Waals surface area contributed by atoms with Crippen LogP contribution in [0.3, 0.4) is 0 Å². The van der Waals surface area contributed by atoms with E-state index in [-0.39, 0.29) is 12.5 Å². The van der Waals surface area contributed by atoms with Crippen molar-refractivity contribution >= 4 is 62.9 Å². The first-order valence-electron chi connectivity index (χ1n) is 15.6. The number of anilines is 7. The molecule has 0 saturated heterocycles. The van der Waals surface area contributed by atoms with Crippen LogP contribution in [0.1, 0.15) is 43.6 Å². The number of para-hydroxylation sites is 2. The van der Waals surface area contributed by atoms with Crippen molar-refractivity contribution in [1.82, 2.24) is 0 Å². The minimum Gasteiger partial charge on any atom is -0.378 e. The Kier molecular flexibility index (Phi) is 6.29. The Bertz CT molecular complexity index is 1810. The molecule has 3 aliphatic rings. The summed E-state index contributed by atoms with van der Waals surface area (Å²) in [6, 6.07) is 38.5. The predicted molar refractivity (Wildman–Crippen MR) is 181 cm³/mol. The van der Waals surface area contributed by atoms with Crippen LogP contribution in [0, 0.1) is 5.82 Å². The Morgan fingerprint density at radius 3 is 1.95 bits per heavy atom. The number of nitrogens with zero attached hydrogens (tertiary/aromatic N) is 3. The lowest BCUT2D eigenvalue weighted by Crippen LogP contribution is -2.61. The topological polar surface area (TPSA) is 9.72 Å². The summed E-state index contributed by atoms with van der Waals surface area (Å²) in [5.74, 6) is 0.320. The first kappa shape index (κ1) is 26.1.